The number of aryl methyl sites for hydroxylation is 1. The summed E-state index contributed by atoms with van der Waals surface area (Å²) >= 11 is 1.76. The largest absolute Gasteiger partial charge is 0.490 e. The van der Waals surface area contributed by atoms with Crippen molar-refractivity contribution in [1.29, 1.82) is 0 Å². The fourth-order valence-corrected chi connectivity index (χ4v) is 6.96. The Bertz CT molecular complexity index is 950. The first-order chi connectivity index (χ1) is 15.6. The minimum atomic E-state index is -0.558. The Morgan fingerprint density at radius 3 is 2.78 bits per heavy atom. The molecule has 32 heavy (non-hydrogen) atoms. The summed E-state index contributed by atoms with van der Waals surface area (Å²) in [7, 11) is 1.56. The number of aromatic nitrogens is 1. The molecule has 0 spiro atoms. The van der Waals surface area contributed by atoms with Crippen molar-refractivity contribution < 1.29 is 19.0 Å². The van der Waals surface area contributed by atoms with Crippen LogP contribution in [0.3, 0.4) is 0 Å². The van der Waals surface area contributed by atoms with Crippen LogP contribution < -0.4 is 10.5 Å². The molecule has 3 aliphatic rings. The van der Waals surface area contributed by atoms with E-state index in [1.54, 1.807) is 18.4 Å². The summed E-state index contributed by atoms with van der Waals surface area (Å²) in [6.07, 6.45) is 8.70. The van der Waals surface area contributed by atoms with Gasteiger partial charge in [0, 0.05) is 37.3 Å². The molecule has 5 rings (SSSR count). The Kier molecular flexibility index (Phi) is 6.64. The van der Waals surface area contributed by atoms with Crippen LogP contribution in [0.2, 0.25) is 0 Å². The third-order valence-electron chi connectivity index (χ3n) is 7.40. The van der Waals surface area contributed by atoms with Crippen molar-refractivity contribution in [3.63, 3.8) is 0 Å². The second kappa shape index (κ2) is 9.63. The number of thiophene rings is 1. The number of rotatable bonds is 7. The number of methoxy groups -OCH3 is 1. The molecule has 0 unspecified atom stereocenters. The lowest BCUT2D eigenvalue weighted by Crippen LogP contribution is -2.46. The topological polar surface area (TPSA) is 86.9 Å². The van der Waals surface area contributed by atoms with Gasteiger partial charge in [-0.25, -0.2) is 4.98 Å². The molecule has 0 bridgehead atoms. The van der Waals surface area contributed by atoms with Gasteiger partial charge in [-0.2, -0.15) is 0 Å². The van der Waals surface area contributed by atoms with E-state index < -0.39 is 12.0 Å². The molecule has 0 radical (unpaired) electrons. The molecule has 2 N–H and O–H groups in total. The van der Waals surface area contributed by atoms with Crippen LogP contribution in [0.5, 0.6) is 5.75 Å². The predicted octanol–water partition coefficient (Wildman–Crippen LogP) is 3.24. The zero-order valence-electron chi connectivity index (χ0n) is 18.8. The molecular formula is C24H33N3O4S. The minimum Gasteiger partial charge on any atom is -0.490 e. The summed E-state index contributed by atoms with van der Waals surface area (Å²) in [6, 6.07) is 2.67. The summed E-state index contributed by atoms with van der Waals surface area (Å²) in [5.74, 6) is 0.800. The number of primary amides is 1. The highest BCUT2D eigenvalue weighted by atomic mass is 32.1. The number of hydrogen-bond donors (Lipinski definition) is 1. The van der Waals surface area contributed by atoms with E-state index in [-0.39, 0.29) is 12.0 Å². The molecule has 1 amide bonds. The van der Waals surface area contributed by atoms with Crippen LogP contribution in [-0.4, -0.2) is 67.5 Å². The molecule has 1 aliphatic heterocycles. The summed E-state index contributed by atoms with van der Waals surface area (Å²) in [5.41, 5.74) is 6.85. The first-order valence-electron chi connectivity index (χ1n) is 11.8. The van der Waals surface area contributed by atoms with Crippen LogP contribution in [-0.2, 0) is 20.7 Å². The Morgan fingerprint density at radius 2 is 2.06 bits per heavy atom. The lowest BCUT2D eigenvalue weighted by molar-refractivity contribution is -0.128. The SMILES string of the molecule is CO[C@@H](C[C@H]1CCc2sc3nccc(OC4CCC(N5CCOCC5)CC4)c3c21)C(N)=O. The number of amides is 1. The fourth-order valence-electron chi connectivity index (χ4n) is 5.70. The fraction of sp³-hybridized carbons (Fsp3) is 0.667. The standard InChI is InChI=1S/C24H33N3O4S/c1-29-19(23(25)28)14-15-2-7-20-21(15)22-18(8-9-26-24(22)32-20)31-17-5-3-16(4-6-17)27-10-12-30-13-11-27/h8-9,15-17,19H,2-7,10-14H2,1H3,(H2,25,28)/t15-,16?,17?,19+/m1/s1. The van der Waals surface area contributed by atoms with Crippen molar-refractivity contribution in [2.24, 2.45) is 5.73 Å². The van der Waals surface area contributed by atoms with Gasteiger partial charge in [0.2, 0.25) is 5.91 Å². The number of carbonyl (C=O) groups excluding carboxylic acids is 1. The molecule has 3 heterocycles. The number of fused-ring (bicyclic) bond motifs is 3. The number of ether oxygens (including phenoxy) is 3. The van der Waals surface area contributed by atoms with E-state index in [1.807, 2.05) is 12.3 Å². The zero-order valence-corrected chi connectivity index (χ0v) is 19.6. The quantitative estimate of drug-likeness (QED) is 0.684. The van der Waals surface area contributed by atoms with Crippen LogP contribution in [0.25, 0.3) is 10.2 Å². The van der Waals surface area contributed by atoms with Gasteiger partial charge in [0.25, 0.3) is 0 Å². The highest BCUT2D eigenvalue weighted by molar-refractivity contribution is 7.19. The summed E-state index contributed by atoms with van der Waals surface area (Å²) in [6.45, 7) is 3.82. The molecule has 2 aromatic rings. The average molecular weight is 460 g/mol. The molecule has 174 valence electrons. The number of nitrogens with two attached hydrogens (primary N) is 1. The van der Waals surface area contributed by atoms with E-state index in [0.29, 0.717) is 12.5 Å². The molecule has 0 aromatic carbocycles. The molecule has 2 atom stereocenters. The molecule has 2 aliphatic carbocycles. The Balaban J connectivity index is 1.32. The van der Waals surface area contributed by atoms with Crippen LogP contribution in [0.1, 0.15) is 54.9 Å². The van der Waals surface area contributed by atoms with Crippen molar-refractivity contribution >= 4 is 27.5 Å². The molecular weight excluding hydrogens is 426 g/mol. The highest BCUT2D eigenvalue weighted by Gasteiger charge is 2.34. The second-order valence-corrected chi connectivity index (χ2v) is 10.3. The van der Waals surface area contributed by atoms with Crippen molar-refractivity contribution in [2.75, 3.05) is 33.4 Å². The summed E-state index contributed by atoms with van der Waals surface area (Å²) in [5, 5.41) is 1.14. The van der Waals surface area contributed by atoms with Crippen molar-refractivity contribution in [3.8, 4) is 5.75 Å². The lowest BCUT2D eigenvalue weighted by atomic mass is 9.91. The van der Waals surface area contributed by atoms with Gasteiger partial charge in [0.05, 0.1) is 24.7 Å². The predicted molar refractivity (Wildman–Crippen MR) is 124 cm³/mol. The van der Waals surface area contributed by atoms with E-state index in [9.17, 15) is 4.79 Å². The zero-order chi connectivity index (χ0) is 22.1. The van der Waals surface area contributed by atoms with Gasteiger partial charge < -0.3 is 19.9 Å². The maximum Gasteiger partial charge on any atom is 0.246 e. The number of nitrogens with zero attached hydrogens (tertiary/aromatic N) is 2. The molecule has 1 saturated carbocycles. The smallest absolute Gasteiger partial charge is 0.246 e. The summed E-state index contributed by atoms with van der Waals surface area (Å²) in [4.78, 5) is 21.4. The molecule has 8 heteroatoms. The van der Waals surface area contributed by atoms with Gasteiger partial charge in [0.15, 0.2) is 0 Å². The van der Waals surface area contributed by atoms with Crippen LogP contribution in [0, 0.1) is 0 Å². The van der Waals surface area contributed by atoms with Gasteiger partial charge in [-0.1, -0.05) is 0 Å². The van der Waals surface area contributed by atoms with Gasteiger partial charge in [-0.3, -0.25) is 9.69 Å². The monoisotopic (exact) mass is 459 g/mol. The Labute approximate surface area is 193 Å². The van der Waals surface area contributed by atoms with Crippen LogP contribution >= 0.6 is 11.3 Å². The van der Waals surface area contributed by atoms with Gasteiger partial charge >= 0.3 is 0 Å². The third kappa shape index (κ3) is 4.38. The van der Waals surface area contributed by atoms with Gasteiger partial charge in [0.1, 0.15) is 16.7 Å². The minimum absolute atomic E-state index is 0.241. The van der Waals surface area contributed by atoms with E-state index in [0.717, 1.165) is 68.0 Å². The number of carbonyl (C=O) groups is 1. The van der Waals surface area contributed by atoms with E-state index in [4.69, 9.17) is 19.9 Å². The van der Waals surface area contributed by atoms with E-state index >= 15 is 0 Å². The number of pyridine rings is 1. The number of hydrogen-bond acceptors (Lipinski definition) is 7. The summed E-state index contributed by atoms with van der Waals surface area (Å²) < 4.78 is 17.5. The van der Waals surface area contributed by atoms with Gasteiger partial charge in [-0.05, 0) is 62.5 Å². The highest BCUT2D eigenvalue weighted by Crippen LogP contribution is 2.48. The maximum atomic E-state index is 11.8. The lowest BCUT2D eigenvalue weighted by Gasteiger charge is -2.38. The van der Waals surface area contributed by atoms with Crippen molar-refractivity contribution in [2.45, 2.75) is 69.1 Å². The Morgan fingerprint density at radius 1 is 1.28 bits per heavy atom. The van der Waals surface area contributed by atoms with E-state index in [2.05, 4.69) is 9.88 Å². The molecule has 1 saturated heterocycles. The average Bonchev–Trinajstić information content (AvgIpc) is 3.38. The first-order valence-corrected chi connectivity index (χ1v) is 12.7. The van der Waals surface area contributed by atoms with Crippen LogP contribution in [0.15, 0.2) is 12.3 Å². The first kappa shape index (κ1) is 22.1. The second-order valence-electron chi connectivity index (χ2n) is 9.22. The van der Waals surface area contributed by atoms with Crippen molar-refractivity contribution in [1.82, 2.24) is 9.88 Å². The third-order valence-corrected chi connectivity index (χ3v) is 8.57. The molecule has 2 aromatic heterocycles. The van der Waals surface area contributed by atoms with Crippen LogP contribution in [0.4, 0.5) is 0 Å². The van der Waals surface area contributed by atoms with Gasteiger partial charge in [-0.15, -0.1) is 11.3 Å². The molecule has 7 nitrogen and oxygen atoms in total. The Hall–Kier alpha value is -1.74. The normalized spacial score (nSPS) is 27.3. The maximum absolute atomic E-state index is 11.8. The molecule has 2 fully saturated rings. The van der Waals surface area contributed by atoms with Crippen molar-refractivity contribution in [3.05, 3.63) is 22.7 Å². The number of morpholine rings is 1. The van der Waals surface area contributed by atoms with E-state index in [1.165, 1.54) is 23.3 Å².